The number of nitro benzene ring substituents is 1. The topological polar surface area (TPSA) is 115 Å². The van der Waals surface area contributed by atoms with E-state index < -0.39 is 14.8 Å². The molecular formula is C25H28N4O5S. The lowest BCUT2D eigenvalue weighted by Gasteiger charge is -2.28. The standard InChI is InChI=1S/C25H28N4O5S/c1-2-3-14-27(23-13-15-35(33,34)18-23)24(30)16-20-17-28(21-7-5-4-6-8-21)26-25(20)19-9-11-22(12-10-19)29(31)32/h4-12,17,23H,2-3,13-16,18H2,1H3. The fourth-order valence-electron chi connectivity index (χ4n) is 4.36. The second-order valence-corrected chi connectivity index (χ2v) is 11.0. The molecule has 9 nitrogen and oxygen atoms in total. The highest BCUT2D eigenvalue weighted by atomic mass is 32.2. The number of para-hydroxylation sites is 1. The average molecular weight is 497 g/mol. The molecule has 1 aliphatic heterocycles. The van der Waals surface area contributed by atoms with Gasteiger partial charge in [-0.25, -0.2) is 13.1 Å². The van der Waals surface area contributed by atoms with Crippen LogP contribution in [0.2, 0.25) is 0 Å². The minimum absolute atomic E-state index is 0.000934. The number of non-ortho nitro benzene ring substituents is 1. The quantitative estimate of drug-likeness (QED) is 0.329. The van der Waals surface area contributed by atoms with Gasteiger partial charge >= 0.3 is 0 Å². The zero-order valence-corrected chi connectivity index (χ0v) is 20.4. The van der Waals surface area contributed by atoms with E-state index in [-0.39, 0.29) is 35.6 Å². The van der Waals surface area contributed by atoms with E-state index in [1.165, 1.54) is 12.1 Å². The van der Waals surface area contributed by atoms with Crippen molar-refractivity contribution in [2.75, 3.05) is 18.1 Å². The van der Waals surface area contributed by atoms with Crippen LogP contribution in [0, 0.1) is 10.1 Å². The number of hydrogen-bond acceptors (Lipinski definition) is 6. The van der Waals surface area contributed by atoms with Gasteiger partial charge in [-0.2, -0.15) is 5.10 Å². The molecule has 1 aliphatic rings. The molecule has 0 radical (unpaired) electrons. The van der Waals surface area contributed by atoms with E-state index in [0.717, 1.165) is 18.5 Å². The Morgan fingerprint density at radius 3 is 2.49 bits per heavy atom. The highest BCUT2D eigenvalue weighted by Crippen LogP contribution is 2.27. The molecule has 0 spiro atoms. The van der Waals surface area contributed by atoms with E-state index in [0.29, 0.717) is 29.8 Å². The van der Waals surface area contributed by atoms with Gasteiger partial charge in [0.25, 0.3) is 5.69 Å². The maximum absolute atomic E-state index is 13.5. The molecule has 1 saturated heterocycles. The lowest BCUT2D eigenvalue weighted by Crippen LogP contribution is -2.42. The molecular weight excluding hydrogens is 468 g/mol. The van der Waals surface area contributed by atoms with E-state index >= 15 is 0 Å². The van der Waals surface area contributed by atoms with Gasteiger partial charge in [-0.15, -0.1) is 0 Å². The Morgan fingerprint density at radius 2 is 1.89 bits per heavy atom. The Hall–Kier alpha value is -3.53. The Bertz CT molecular complexity index is 1300. The number of aromatic nitrogens is 2. The Kier molecular flexibility index (Phi) is 7.30. The normalized spacial score (nSPS) is 16.8. The Balaban J connectivity index is 1.68. The van der Waals surface area contributed by atoms with Crippen molar-refractivity contribution in [2.24, 2.45) is 0 Å². The van der Waals surface area contributed by atoms with Gasteiger partial charge in [0.2, 0.25) is 5.91 Å². The molecule has 3 aromatic rings. The van der Waals surface area contributed by atoms with Crippen molar-refractivity contribution in [3.05, 3.63) is 76.5 Å². The first kappa shape index (κ1) is 24.6. The fraction of sp³-hybridized carbons (Fsp3) is 0.360. The Labute approximate surface area is 204 Å². The number of sulfone groups is 1. The van der Waals surface area contributed by atoms with E-state index in [1.54, 1.807) is 27.9 Å². The van der Waals surface area contributed by atoms with Gasteiger partial charge < -0.3 is 4.90 Å². The monoisotopic (exact) mass is 496 g/mol. The van der Waals surface area contributed by atoms with E-state index in [9.17, 15) is 23.3 Å². The van der Waals surface area contributed by atoms with Crippen LogP contribution in [-0.4, -0.2) is 58.0 Å². The highest BCUT2D eigenvalue weighted by molar-refractivity contribution is 7.91. The summed E-state index contributed by atoms with van der Waals surface area (Å²) in [4.78, 5) is 25.8. The number of unbranched alkanes of at least 4 members (excludes halogenated alkanes) is 1. The summed E-state index contributed by atoms with van der Waals surface area (Å²) < 4.78 is 25.8. The van der Waals surface area contributed by atoms with E-state index in [1.807, 2.05) is 37.3 Å². The lowest BCUT2D eigenvalue weighted by atomic mass is 10.0. The van der Waals surface area contributed by atoms with Crippen molar-refractivity contribution in [3.8, 4) is 16.9 Å². The van der Waals surface area contributed by atoms with E-state index in [4.69, 9.17) is 5.10 Å². The third kappa shape index (κ3) is 5.76. The van der Waals surface area contributed by atoms with Gasteiger partial charge in [0.15, 0.2) is 9.84 Å². The van der Waals surface area contributed by atoms with Gasteiger partial charge in [-0.05, 0) is 37.1 Å². The molecule has 2 aromatic carbocycles. The molecule has 0 bridgehead atoms. The third-order valence-electron chi connectivity index (χ3n) is 6.23. The van der Waals surface area contributed by atoms with Crippen LogP contribution in [0.3, 0.4) is 0 Å². The van der Waals surface area contributed by atoms with Crippen molar-refractivity contribution < 1.29 is 18.1 Å². The molecule has 1 atom stereocenters. The van der Waals surface area contributed by atoms with Crippen molar-refractivity contribution >= 4 is 21.4 Å². The molecule has 1 aromatic heterocycles. The summed E-state index contributed by atoms with van der Waals surface area (Å²) in [6, 6.07) is 15.2. The van der Waals surface area contributed by atoms with Crippen LogP contribution in [0.1, 0.15) is 31.7 Å². The zero-order chi connectivity index (χ0) is 25.0. The lowest BCUT2D eigenvalue weighted by molar-refractivity contribution is -0.384. The largest absolute Gasteiger partial charge is 0.338 e. The first-order chi connectivity index (χ1) is 16.8. The summed E-state index contributed by atoms with van der Waals surface area (Å²) in [7, 11) is -3.13. The second-order valence-electron chi connectivity index (χ2n) is 8.76. The number of amides is 1. The first-order valence-electron chi connectivity index (χ1n) is 11.7. The number of carbonyl (C=O) groups is 1. The summed E-state index contributed by atoms with van der Waals surface area (Å²) in [6.07, 6.45) is 3.99. The van der Waals surface area contributed by atoms with Gasteiger partial charge in [0.1, 0.15) is 0 Å². The van der Waals surface area contributed by atoms with Crippen molar-refractivity contribution in [2.45, 2.75) is 38.6 Å². The molecule has 4 rings (SSSR count). The summed E-state index contributed by atoms with van der Waals surface area (Å²) in [5, 5.41) is 15.8. The highest BCUT2D eigenvalue weighted by Gasteiger charge is 2.34. The van der Waals surface area contributed by atoms with Crippen LogP contribution in [-0.2, 0) is 21.1 Å². The molecule has 1 fully saturated rings. The fourth-order valence-corrected chi connectivity index (χ4v) is 6.09. The molecule has 2 heterocycles. The summed E-state index contributed by atoms with van der Waals surface area (Å²) in [5.41, 5.74) is 2.69. The predicted octanol–water partition coefficient (Wildman–Crippen LogP) is 3.81. The summed E-state index contributed by atoms with van der Waals surface area (Å²) >= 11 is 0. The van der Waals surface area contributed by atoms with Gasteiger partial charge in [-0.1, -0.05) is 31.5 Å². The molecule has 0 saturated carbocycles. The number of nitrogens with zero attached hydrogens (tertiary/aromatic N) is 4. The molecule has 0 N–H and O–H groups in total. The van der Waals surface area contributed by atoms with Crippen molar-refractivity contribution in [1.29, 1.82) is 0 Å². The summed E-state index contributed by atoms with van der Waals surface area (Å²) in [6.45, 7) is 2.54. The van der Waals surface area contributed by atoms with Crippen LogP contribution in [0.4, 0.5) is 5.69 Å². The molecule has 10 heteroatoms. The molecule has 1 amide bonds. The SMILES string of the molecule is CCCCN(C(=O)Cc1cn(-c2ccccc2)nc1-c1ccc([N+](=O)[O-])cc1)C1CCS(=O)(=O)C1. The third-order valence-corrected chi connectivity index (χ3v) is 7.98. The van der Waals surface area contributed by atoms with Gasteiger partial charge in [0, 0.05) is 42.0 Å². The van der Waals surface area contributed by atoms with Crippen LogP contribution in [0.25, 0.3) is 16.9 Å². The van der Waals surface area contributed by atoms with Crippen LogP contribution < -0.4 is 0 Å². The number of nitro groups is 1. The van der Waals surface area contributed by atoms with E-state index in [2.05, 4.69) is 0 Å². The van der Waals surface area contributed by atoms with Crippen LogP contribution in [0.5, 0.6) is 0 Å². The molecule has 1 unspecified atom stereocenters. The molecule has 184 valence electrons. The zero-order valence-electron chi connectivity index (χ0n) is 19.5. The number of carbonyl (C=O) groups excluding carboxylic acids is 1. The van der Waals surface area contributed by atoms with Crippen molar-refractivity contribution in [1.82, 2.24) is 14.7 Å². The molecule has 0 aliphatic carbocycles. The van der Waals surface area contributed by atoms with Crippen molar-refractivity contribution in [3.63, 3.8) is 0 Å². The average Bonchev–Trinajstić information content (AvgIpc) is 3.43. The number of rotatable bonds is 9. The second kappa shape index (κ2) is 10.4. The smallest absolute Gasteiger partial charge is 0.269 e. The summed E-state index contributed by atoms with van der Waals surface area (Å²) in [5.74, 6) is -0.0366. The number of hydrogen-bond donors (Lipinski definition) is 0. The van der Waals surface area contributed by atoms with Gasteiger partial charge in [-0.3, -0.25) is 14.9 Å². The van der Waals surface area contributed by atoms with Crippen LogP contribution in [0.15, 0.2) is 60.8 Å². The maximum Gasteiger partial charge on any atom is 0.269 e. The first-order valence-corrected chi connectivity index (χ1v) is 13.5. The number of benzene rings is 2. The maximum atomic E-state index is 13.5. The van der Waals surface area contributed by atoms with Gasteiger partial charge in [0.05, 0.1) is 34.2 Å². The minimum Gasteiger partial charge on any atom is -0.338 e. The van der Waals surface area contributed by atoms with Crippen LogP contribution >= 0.6 is 0 Å². The predicted molar refractivity (Wildman–Crippen MR) is 133 cm³/mol. The minimum atomic E-state index is -3.13. The Morgan fingerprint density at radius 1 is 1.17 bits per heavy atom. The molecule has 35 heavy (non-hydrogen) atoms.